The van der Waals surface area contributed by atoms with E-state index in [1.165, 1.54) is 5.56 Å². The topological polar surface area (TPSA) is 86.5 Å². The average Bonchev–Trinajstić information content (AvgIpc) is 2.80. The monoisotopic (exact) mass is 433 g/mol. The molecule has 3 N–H and O–H groups in total. The standard InChI is InChI=1S/C26H31N3O3/c1-4-19(5-2)22-8-6-7-9-24(22)32-21-13-10-18(11-14-21)16-28-26(30)23-15-12-20(17-31-3)29-25(23)27/h6-15,19H,4-5,16-17H2,1-3H3,(H2,27,29)(H,28,30). The molecule has 0 atom stereocenters. The minimum absolute atomic E-state index is 0.192. The van der Waals surface area contributed by atoms with Gasteiger partial charge in [0.15, 0.2) is 0 Å². The number of hydrogen-bond donors (Lipinski definition) is 2. The van der Waals surface area contributed by atoms with Crippen molar-refractivity contribution in [3.8, 4) is 11.5 Å². The van der Waals surface area contributed by atoms with E-state index < -0.39 is 0 Å². The molecule has 0 radical (unpaired) electrons. The van der Waals surface area contributed by atoms with Gasteiger partial charge in [0.1, 0.15) is 17.3 Å². The summed E-state index contributed by atoms with van der Waals surface area (Å²) in [5.74, 6) is 2.06. The zero-order chi connectivity index (χ0) is 22.9. The second-order valence-electron chi connectivity index (χ2n) is 7.65. The number of para-hydroxylation sites is 1. The fourth-order valence-corrected chi connectivity index (χ4v) is 3.66. The van der Waals surface area contributed by atoms with Gasteiger partial charge in [-0.3, -0.25) is 4.79 Å². The van der Waals surface area contributed by atoms with Gasteiger partial charge < -0.3 is 20.5 Å². The Morgan fingerprint density at radius 1 is 1.03 bits per heavy atom. The number of carbonyl (C=O) groups is 1. The van der Waals surface area contributed by atoms with Gasteiger partial charge in [-0.05, 0) is 60.2 Å². The van der Waals surface area contributed by atoms with Gasteiger partial charge in [0.05, 0.1) is 17.9 Å². The van der Waals surface area contributed by atoms with Crippen LogP contribution in [0.3, 0.4) is 0 Å². The largest absolute Gasteiger partial charge is 0.457 e. The third-order valence-electron chi connectivity index (χ3n) is 5.47. The number of methoxy groups -OCH3 is 1. The zero-order valence-corrected chi connectivity index (χ0v) is 18.9. The molecular formula is C26H31N3O3. The molecule has 3 rings (SSSR count). The maximum absolute atomic E-state index is 12.5. The lowest BCUT2D eigenvalue weighted by atomic mass is 9.93. The summed E-state index contributed by atoms with van der Waals surface area (Å²) in [6, 6.07) is 19.3. The van der Waals surface area contributed by atoms with Gasteiger partial charge in [0.2, 0.25) is 0 Å². The lowest BCUT2D eigenvalue weighted by molar-refractivity contribution is 0.0951. The molecule has 0 spiro atoms. The van der Waals surface area contributed by atoms with E-state index in [2.05, 4.69) is 36.3 Å². The van der Waals surface area contributed by atoms with Gasteiger partial charge in [0.25, 0.3) is 5.91 Å². The van der Waals surface area contributed by atoms with Crippen LogP contribution >= 0.6 is 0 Å². The Bertz CT molecular complexity index is 1030. The van der Waals surface area contributed by atoms with Crippen molar-refractivity contribution < 1.29 is 14.3 Å². The zero-order valence-electron chi connectivity index (χ0n) is 18.9. The molecular weight excluding hydrogens is 402 g/mol. The van der Waals surface area contributed by atoms with Crippen molar-refractivity contribution in [2.24, 2.45) is 0 Å². The molecule has 0 unspecified atom stereocenters. The molecule has 1 aromatic heterocycles. The highest BCUT2D eigenvalue weighted by molar-refractivity contribution is 5.98. The second kappa shape index (κ2) is 11.3. The normalized spacial score (nSPS) is 10.9. The number of amides is 1. The first-order chi connectivity index (χ1) is 15.5. The third-order valence-corrected chi connectivity index (χ3v) is 5.47. The van der Waals surface area contributed by atoms with Gasteiger partial charge in [-0.15, -0.1) is 0 Å². The number of pyridine rings is 1. The van der Waals surface area contributed by atoms with Crippen LogP contribution < -0.4 is 15.8 Å². The van der Waals surface area contributed by atoms with E-state index in [-0.39, 0.29) is 11.7 Å². The van der Waals surface area contributed by atoms with E-state index in [9.17, 15) is 4.79 Å². The number of nitrogens with one attached hydrogen (secondary N) is 1. The van der Waals surface area contributed by atoms with E-state index in [0.29, 0.717) is 30.3 Å². The fourth-order valence-electron chi connectivity index (χ4n) is 3.66. The predicted octanol–water partition coefficient (Wildman–Crippen LogP) is 5.44. The maximum atomic E-state index is 12.5. The quantitative estimate of drug-likeness (QED) is 0.445. The summed E-state index contributed by atoms with van der Waals surface area (Å²) < 4.78 is 11.2. The van der Waals surface area contributed by atoms with Crippen molar-refractivity contribution >= 4 is 11.7 Å². The van der Waals surface area contributed by atoms with Crippen molar-refractivity contribution in [1.29, 1.82) is 0 Å². The predicted molar refractivity (Wildman–Crippen MR) is 127 cm³/mol. The van der Waals surface area contributed by atoms with Gasteiger partial charge in [0, 0.05) is 13.7 Å². The van der Waals surface area contributed by atoms with Crippen LogP contribution in [0.15, 0.2) is 60.7 Å². The van der Waals surface area contributed by atoms with E-state index >= 15 is 0 Å². The molecule has 1 heterocycles. The lowest BCUT2D eigenvalue weighted by Crippen LogP contribution is -2.24. The molecule has 0 saturated heterocycles. The van der Waals surface area contributed by atoms with Crippen LogP contribution in [0, 0.1) is 0 Å². The minimum atomic E-state index is -0.265. The third kappa shape index (κ3) is 5.86. The van der Waals surface area contributed by atoms with Gasteiger partial charge >= 0.3 is 0 Å². The molecule has 1 amide bonds. The number of benzene rings is 2. The molecule has 0 bridgehead atoms. The van der Waals surface area contributed by atoms with Gasteiger partial charge in [-0.2, -0.15) is 0 Å². The van der Waals surface area contributed by atoms with Crippen molar-refractivity contribution in [2.75, 3.05) is 12.8 Å². The Morgan fingerprint density at radius 3 is 2.41 bits per heavy atom. The molecule has 3 aromatic rings. The average molecular weight is 434 g/mol. The van der Waals surface area contributed by atoms with E-state index in [0.717, 1.165) is 29.9 Å². The number of carbonyl (C=O) groups excluding carboxylic acids is 1. The molecule has 0 aliphatic heterocycles. The van der Waals surface area contributed by atoms with E-state index in [4.69, 9.17) is 15.2 Å². The molecule has 168 valence electrons. The van der Waals surface area contributed by atoms with Crippen molar-refractivity contribution in [3.05, 3.63) is 83.0 Å². The Kier molecular flexibility index (Phi) is 8.22. The van der Waals surface area contributed by atoms with Crippen molar-refractivity contribution in [1.82, 2.24) is 10.3 Å². The smallest absolute Gasteiger partial charge is 0.255 e. The highest BCUT2D eigenvalue weighted by Gasteiger charge is 2.14. The van der Waals surface area contributed by atoms with Gasteiger partial charge in [-0.25, -0.2) is 4.98 Å². The summed E-state index contributed by atoms with van der Waals surface area (Å²) in [7, 11) is 1.58. The number of nitrogen functional groups attached to an aromatic ring is 1. The molecule has 0 aliphatic rings. The molecule has 0 aliphatic carbocycles. The Morgan fingerprint density at radius 2 is 1.75 bits per heavy atom. The highest BCUT2D eigenvalue weighted by Crippen LogP contribution is 2.34. The first-order valence-corrected chi connectivity index (χ1v) is 10.9. The minimum Gasteiger partial charge on any atom is -0.457 e. The molecule has 0 fully saturated rings. The summed E-state index contributed by atoms with van der Waals surface area (Å²) >= 11 is 0. The van der Waals surface area contributed by atoms with Gasteiger partial charge in [-0.1, -0.05) is 44.2 Å². The highest BCUT2D eigenvalue weighted by atomic mass is 16.5. The summed E-state index contributed by atoms with van der Waals surface area (Å²) in [6.45, 7) is 5.13. The first-order valence-electron chi connectivity index (χ1n) is 10.9. The fraction of sp³-hybridized carbons (Fsp3) is 0.308. The molecule has 6 heteroatoms. The number of nitrogens with two attached hydrogens (primary N) is 1. The second-order valence-corrected chi connectivity index (χ2v) is 7.65. The molecule has 2 aromatic carbocycles. The summed E-state index contributed by atoms with van der Waals surface area (Å²) in [5, 5.41) is 2.88. The van der Waals surface area contributed by atoms with E-state index in [1.807, 2.05) is 36.4 Å². The molecule has 6 nitrogen and oxygen atoms in total. The van der Waals surface area contributed by atoms with Crippen LogP contribution in [0.5, 0.6) is 11.5 Å². The van der Waals surface area contributed by atoms with Crippen LogP contribution in [-0.2, 0) is 17.9 Å². The lowest BCUT2D eigenvalue weighted by Gasteiger charge is -2.18. The number of anilines is 1. The Labute approximate surface area is 189 Å². The van der Waals surface area contributed by atoms with E-state index in [1.54, 1.807) is 19.2 Å². The summed E-state index contributed by atoms with van der Waals surface area (Å²) in [4.78, 5) is 16.7. The first kappa shape index (κ1) is 23.3. The maximum Gasteiger partial charge on any atom is 0.255 e. The molecule has 32 heavy (non-hydrogen) atoms. The van der Waals surface area contributed by atoms with Crippen LogP contribution in [-0.4, -0.2) is 18.0 Å². The van der Waals surface area contributed by atoms with Crippen molar-refractivity contribution in [2.45, 2.75) is 45.8 Å². The summed E-state index contributed by atoms with van der Waals surface area (Å²) in [6.07, 6.45) is 2.15. The SMILES string of the molecule is CCC(CC)c1ccccc1Oc1ccc(CNC(=O)c2ccc(COC)nc2N)cc1. The number of aromatic nitrogens is 1. The number of ether oxygens (including phenoxy) is 2. The number of hydrogen-bond acceptors (Lipinski definition) is 5. The van der Waals surface area contributed by atoms with Crippen LogP contribution in [0.1, 0.15) is 59.8 Å². The number of rotatable bonds is 10. The van der Waals surface area contributed by atoms with Crippen LogP contribution in [0.2, 0.25) is 0 Å². The Balaban J connectivity index is 1.62. The summed E-state index contributed by atoms with van der Waals surface area (Å²) in [5.41, 5.74) is 9.15. The van der Waals surface area contributed by atoms with Crippen LogP contribution in [0.4, 0.5) is 5.82 Å². The Hall–Kier alpha value is -3.38. The van der Waals surface area contributed by atoms with Crippen LogP contribution in [0.25, 0.3) is 0 Å². The van der Waals surface area contributed by atoms with Crippen molar-refractivity contribution in [3.63, 3.8) is 0 Å². The molecule has 0 saturated carbocycles. The number of nitrogens with zero attached hydrogens (tertiary/aromatic N) is 1.